The number of carbonyl (C=O) groups is 1. The first-order chi connectivity index (χ1) is 7.09. The molecule has 0 aliphatic carbocycles. The van der Waals surface area contributed by atoms with Gasteiger partial charge in [-0.3, -0.25) is 9.48 Å². The van der Waals surface area contributed by atoms with Gasteiger partial charge in [0.25, 0.3) is 5.91 Å². The van der Waals surface area contributed by atoms with Crippen LogP contribution in [0.25, 0.3) is 11.3 Å². The maximum absolute atomic E-state index is 11.0. The van der Waals surface area contributed by atoms with E-state index < -0.39 is 5.91 Å². The highest BCUT2D eigenvalue weighted by Crippen LogP contribution is 2.34. The molecule has 0 bridgehead atoms. The lowest BCUT2D eigenvalue weighted by Gasteiger charge is -1.98. The molecule has 0 saturated heterocycles. The Balaban J connectivity index is 2.54. The average molecular weight is 242 g/mol. The summed E-state index contributed by atoms with van der Waals surface area (Å²) in [4.78, 5) is 11.4. The molecular formula is C9H8ClN3OS. The maximum atomic E-state index is 11.0. The van der Waals surface area contributed by atoms with Crippen molar-refractivity contribution in [3.05, 3.63) is 27.5 Å². The van der Waals surface area contributed by atoms with Crippen molar-refractivity contribution < 1.29 is 4.79 Å². The lowest BCUT2D eigenvalue weighted by Crippen LogP contribution is -2.08. The SMILES string of the molecule is Cn1nccc1-c1cc(C(N)=O)sc1Cl. The van der Waals surface area contributed by atoms with Crippen LogP contribution in [0.4, 0.5) is 0 Å². The lowest BCUT2D eigenvalue weighted by atomic mass is 10.2. The normalized spacial score (nSPS) is 10.5. The van der Waals surface area contributed by atoms with Gasteiger partial charge in [0.05, 0.1) is 10.6 Å². The fraction of sp³-hybridized carbons (Fsp3) is 0.111. The van der Waals surface area contributed by atoms with Gasteiger partial charge in [0, 0.05) is 18.8 Å². The van der Waals surface area contributed by atoms with Crippen molar-refractivity contribution in [3.8, 4) is 11.3 Å². The van der Waals surface area contributed by atoms with E-state index in [4.69, 9.17) is 17.3 Å². The zero-order valence-electron chi connectivity index (χ0n) is 7.90. The molecule has 0 spiro atoms. The number of nitrogens with zero attached hydrogens (tertiary/aromatic N) is 2. The van der Waals surface area contributed by atoms with E-state index in [1.807, 2.05) is 13.1 Å². The largest absolute Gasteiger partial charge is 0.365 e. The monoisotopic (exact) mass is 241 g/mol. The summed E-state index contributed by atoms with van der Waals surface area (Å²) in [5.74, 6) is -0.463. The van der Waals surface area contributed by atoms with Crippen LogP contribution in [-0.4, -0.2) is 15.7 Å². The van der Waals surface area contributed by atoms with Gasteiger partial charge in [-0.05, 0) is 12.1 Å². The first kappa shape index (κ1) is 10.2. The van der Waals surface area contributed by atoms with Crippen molar-refractivity contribution in [2.24, 2.45) is 12.8 Å². The molecule has 2 aromatic heterocycles. The molecule has 0 atom stereocenters. The summed E-state index contributed by atoms with van der Waals surface area (Å²) in [6.07, 6.45) is 1.67. The highest BCUT2D eigenvalue weighted by Gasteiger charge is 2.14. The second-order valence-corrected chi connectivity index (χ2v) is 4.66. The van der Waals surface area contributed by atoms with Crippen LogP contribution in [-0.2, 0) is 7.05 Å². The molecular weight excluding hydrogens is 234 g/mol. The quantitative estimate of drug-likeness (QED) is 0.873. The van der Waals surface area contributed by atoms with Crippen molar-refractivity contribution in [1.29, 1.82) is 0 Å². The van der Waals surface area contributed by atoms with E-state index in [0.717, 1.165) is 11.3 Å². The Morgan fingerprint density at radius 2 is 2.40 bits per heavy atom. The summed E-state index contributed by atoms with van der Waals surface area (Å²) < 4.78 is 2.24. The Hall–Kier alpha value is -1.33. The number of carbonyl (C=O) groups excluding carboxylic acids is 1. The Morgan fingerprint density at radius 1 is 1.67 bits per heavy atom. The van der Waals surface area contributed by atoms with Crippen LogP contribution >= 0.6 is 22.9 Å². The third kappa shape index (κ3) is 1.75. The van der Waals surface area contributed by atoms with E-state index in [9.17, 15) is 4.79 Å². The zero-order valence-corrected chi connectivity index (χ0v) is 9.47. The molecule has 15 heavy (non-hydrogen) atoms. The van der Waals surface area contributed by atoms with Gasteiger partial charge < -0.3 is 5.73 Å². The van der Waals surface area contributed by atoms with E-state index >= 15 is 0 Å². The number of nitrogens with two attached hydrogens (primary N) is 1. The number of halogens is 1. The number of amides is 1. The Bertz CT molecular complexity index is 517. The van der Waals surface area contributed by atoms with Crippen LogP contribution in [0.15, 0.2) is 18.3 Å². The third-order valence-corrected chi connectivity index (χ3v) is 3.40. The summed E-state index contributed by atoms with van der Waals surface area (Å²) in [6.45, 7) is 0. The van der Waals surface area contributed by atoms with Crippen molar-refractivity contribution in [2.75, 3.05) is 0 Å². The molecule has 0 fully saturated rings. The number of aromatic nitrogens is 2. The summed E-state index contributed by atoms with van der Waals surface area (Å²) >= 11 is 7.20. The Morgan fingerprint density at radius 3 is 2.87 bits per heavy atom. The van der Waals surface area contributed by atoms with Gasteiger partial charge in [-0.1, -0.05) is 11.6 Å². The molecule has 0 radical (unpaired) electrons. The van der Waals surface area contributed by atoms with Gasteiger partial charge in [-0.25, -0.2) is 0 Å². The minimum Gasteiger partial charge on any atom is -0.365 e. The van der Waals surface area contributed by atoms with Crippen molar-refractivity contribution in [3.63, 3.8) is 0 Å². The topological polar surface area (TPSA) is 60.9 Å². The van der Waals surface area contributed by atoms with Gasteiger partial charge in [-0.2, -0.15) is 5.10 Å². The van der Waals surface area contributed by atoms with Gasteiger partial charge in [0.1, 0.15) is 4.34 Å². The van der Waals surface area contributed by atoms with Crippen LogP contribution in [0.2, 0.25) is 4.34 Å². The first-order valence-electron chi connectivity index (χ1n) is 4.17. The number of hydrogen-bond donors (Lipinski definition) is 1. The van der Waals surface area contributed by atoms with Crippen LogP contribution in [0.5, 0.6) is 0 Å². The van der Waals surface area contributed by atoms with Gasteiger partial charge in [0.2, 0.25) is 0 Å². The van der Waals surface area contributed by atoms with E-state index in [0.29, 0.717) is 9.21 Å². The Labute approximate surface area is 95.3 Å². The molecule has 2 N–H and O–H groups in total. The molecule has 0 aliphatic heterocycles. The molecule has 0 aromatic carbocycles. The van der Waals surface area contributed by atoms with E-state index in [-0.39, 0.29) is 0 Å². The molecule has 2 aromatic rings. The van der Waals surface area contributed by atoms with E-state index in [2.05, 4.69) is 5.10 Å². The second kappa shape index (κ2) is 3.67. The number of hydrogen-bond acceptors (Lipinski definition) is 3. The van der Waals surface area contributed by atoms with Crippen LogP contribution in [0.3, 0.4) is 0 Å². The van der Waals surface area contributed by atoms with Crippen LogP contribution < -0.4 is 5.73 Å². The van der Waals surface area contributed by atoms with Gasteiger partial charge in [0.15, 0.2) is 0 Å². The summed E-state index contributed by atoms with van der Waals surface area (Å²) in [5.41, 5.74) is 6.83. The zero-order chi connectivity index (χ0) is 11.0. The number of primary amides is 1. The predicted octanol–water partition coefficient (Wildman–Crippen LogP) is 1.90. The second-order valence-electron chi connectivity index (χ2n) is 3.00. The fourth-order valence-corrected chi connectivity index (χ4v) is 2.45. The molecule has 6 heteroatoms. The predicted molar refractivity (Wildman–Crippen MR) is 60.0 cm³/mol. The highest BCUT2D eigenvalue weighted by molar-refractivity contribution is 7.18. The highest BCUT2D eigenvalue weighted by atomic mass is 35.5. The minimum absolute atomic E-state index is 0.455. The smallest absolute Gasteiger partial charge is 0.258 e. The molecule has 2 rings (SSSR count). The Kier molecular flexibility index (Phi) is 2.50. The molecule has 4 nitrogen and oxygen atoms in total. The van der Waals surface area contributed by atoms with Gasteiger partial charge >= 0.3 is 0 Å². The molecule has 78 valence electrons. The third-order valence-electron chi connectivity index (χ3n) is 2.03. The van der Waals surface area contributed by atoms with E-state index in [1.54, 1.807) is 16.9 Å². The summed E-state index contributed by atoms with van der Waals surface area (Å²) in [7, 11) is 1.81. The average Bonchev–Trinajstić information content (AvgIpc) is 2.71. The maximum Gasteiger partial charge on any atom is 0.258 e. The van der Waals surface area contributed by atoms with Crippen molar-refractivity contribution in [2.45, 2.75) is 0 Å². The number of thiophene rings is 1. The van der Waals surface area contributed by atoms with Crippen LogP contribution in [0, 0.1) is 0 Å². The molecule has 1 amide bonds. The number of aryl methyl sites for hydroxylation is 1. The summed E-state index contributed by atoms with van der Waals surface area (Å²) in [5, 5.41) is 4.03. The number of rotatable bonds is 2. The molecule has 2 heterocycles. The standard InChI is InChI=1S/C9H8ClN3OS/c1-13-6(2-3-12-13)5-4-7(9(11)14)15-8(5)10/h2-4H,1H3,(H2,11,14). The molecule has 0 unspecified atom stereocenters. The lowest BCUT2D eigenvalue weighted by molar-refractivity contribution is 0.100. The fourth-order valence-electron chi connectivity index (χ4n) is 1.30. The molecule has 0 saturated carbocycles. The first-order valence-corrected chi connectivity index (χ1v) is 5.36. The molecule has 0 aliphatic rings. The van der Waals surface area contributed by atoms with E-state index in [1.165, 1.54) is 11.3 Å². The minimum atomic E-state index is -0.463. The van der Waals surface area contributed by atoms with Gasteiger partial charge in [-0.15, -0.1) is 11.3 Å². The van der Waals surface area contributed by atoms with Crippen LogP contribution in [0.1, 0.15) is 9.67 Å². The van der Waals surface area contributed by atoms with Crippen molar-refractivity contribution in [1.82, 2.24) is 9.78 Å². The summed E-state index contributed by atoms with van der Waals surface area (Å²) in [6, 6.07) is 3.52. The van der Waals surface area contributed by atoms with Crippen molar-refractivity contribution >= 4 is 28.8 Å².